The summed E-state index contributed by atoms with van der Waals surface area (Å²) in [5, 5.41) is 3.18. The molecule has 0 spiro atoms. The Morgan fingerprint density at radius 3 is 3.08 bits per heavy atom. The average Bonchev–Trinajstić information content (AvgIpc) is 2.07. The van der Waals surface area contributed by atoms with E-state index in [2.05, 4.69) is 18.3 Å². The third kappa shape index (κ3) is 0.998. The Labute approximate surface area is 71.7 Å². The van der Waals surface area contributed by atoms with E-state index in [0.717, 1.165) is 5.57 Å². The van der Waals surface area contributed by atoms with Gasteiger partial charge >= 0.3 is 0 Å². The zero-order chi connectivity index (χ0) is 8.55. The van der Waals surface area contributed by atoms with Crippen LogP contribution >= 0.6 is 0 Å². The van der Waals surface area contributed by atoms with Crippen molar-refractivity contribution in [2.24, 2.45) is 5.92 Å². The molecule has 1 aliphatic heterocycles. The summed E-state index contributed by atoms with van der Waals surface area (Å²) >= 11 is 0. The summed E-state index contributed by atoms with van der Waals surface area (Å²) in [4.78, 5) is 11.3. The SMILES string of the molecule is C[C@@H]1C=CC=C2C(=O)C=CNC21. The molecule has 1 unspecified atom stereocenters. The molecule has 2 atom stereocenters. The predicted octanol–water partition coefficient (Wildman–Crippen LogP) is 1.17. The minimum atomic E-state index is 0.134. The Balaban J connectivity index is 2.38. The predicted molar refractivity (Wildman–Crippen MR) is 47.5 cm³/mol. The number of nitrogens with one attached hydrogen (secondary N) is 1. The molecule has 1 aliphatic carbocycles. The number of allylic oxidation sites excluding steroid dienone is 3. The summed E-state index contributed by atoms with van der Waals surface area (Å²) in [5.41, 5.74) is 0.882. The number of fused-ring (bicyclic) bond motifs is 1. The monoisotopic (exact) mass is 161 g/mol. The van der Waals surface area contributed by atoms with E-state index in [1.165, 1.54) is 0 Å². The van der Waals surface area contributed by atoms with Gasteiger partial charge in [-0.25, -0.2) is 0 Å². The minimum Gasteiger partial charge on any atom is -0.383 e. The number of ketones is 1. The fraction of sp³-hybridized carbons (Fsp3) is 0.300. The molecule has 1 N–H and O–H groups in total. The smallest absolute Gasteiger partial charge is 0.185 e. The lowest BCUT2D eigenvalue weighted by Gasteiger charge is -2.28. The average molecular weight is 161 g/mol. The molecule has 2 aliphatic rings. The van der Waals surface area contributed by atoms with Gasteiger partial charge in [-0.3, -0.25) is 4.79 Å². The summed E-state index contributed by atoms with van der Waals surface area (Å²) in [6.07, 6.45) is 9.26. The Kier molecular flexibility index (Phi) is 1.61. The minimum absolute atomic E-state index is 0.134. The van der Waals surface area contributed by atoms with Crippen molar-refractivity contribution in [3.8, 4) is 0 Å². The first-order valence-corrected chi connectivity index (χ1v) is 4.14. The molecule has 0 fully saturated rings. The van der Waals surface area contributed by atoms with Crippen LogP contribution < -0.4 is 5.32 Å². The van der Waals surface area contributed by atoms with Crippen LogP contribution in [-0.4, -0.2) is 11.8 Å². The molecule has 2 heteroatoms. The van der Waals surface area contributed by atoms with Crippen molar-refractivity contribution in [2.45, 2.75) is 13.0 Å². The highest BCUT2D eigenvalue weighted by molar-refractivity contribution is 6.06. The maximum Gasteiger partial charge on any atom is 0.185 e. The van der Waals surface area contributed by atoms with E-state index in [9.17, 15) is 4.79 Å². The lowest BCUT2D eigenvalue weighted by Crippen LogP contribution is -2.39. The summed E-state index contributed by atoms with van der Waals surface area (Å²) < 4.78 is 0. The van der Waals surface area contributed by atoms with E-state index < -0.39 is 0 Å². The van der Waals surface area contributed by atoms with Crippen molar-refractivity contribution in [3.63, 3.8) is 0 Å². The van der Waals surface area contributed by atoms with Crippen LogP contribution in [0.4, 0.5) is 0 Å². The van der Waals surface area contributed by atoms with Crippen LogP contribution in [0.1, 0.15) is 6.92 Å². The van der Waals surface area contributed by atoms with Gasteiger partial charge in [0.05, 0.1) is 6.04 Å². The molecule has 2 nitrogen and oxygen atoms in total. The first kappa shape index (κ1) is 7.35. The van der Waals surface area contributed by atoms with Gasteiger partial charge in [-0.1, -0.05) is 25.2 Å². The molecule has 0 amide bonds. The highest BCUT2D eigenvalue weighted by atomic mass is 16.1. The number of hydrogen-bond acceptors (Lipinski definition) is 2. The standard InChI is InChI=1S/C10H11NO/c1-7-3-2-4-8-9(12)5-6-11-10(7)8/h2-7,10-11H,1H3/t7-,10?/m1/s1. The molecule has 62 valence electrons. The third-order valence-electron chi connectivity index (χ3n) is 2.35. The maximum absolute atomic E-state index is 11.3. The van der Waals surface area contributed by atoms with E-state index in [1.54, 1.807) is 12.3 Å². The zero-order valence-electron chi connectivity index (χ0n) is 6.95. The second kappa shape index (κ2) is 2.63. The lowest BCUT2D eigenvalue weighted by atomic mass is 9.86. The van der Waals surface area contributed by atoms with Crippen LogP contribution in [0.15, 0.2) is 36.1 Å². The number of carbonyl (C=O) groups excluding carboxylic acids is 1. The van der Waals surface area contributed by atoms with Gasteiger partial charge in [0.25, 0.3) is 0 Å². The zero-order valence-corrected chi connectivity index (χ0v) is 6.95. The second-order valence-corrected chi connectivity index (χ2v) is 3.21. The van der Waals surface area contributed by atoms with Crippen LogP contribution in [0.2, 0.25) is 0 Å². The summed E-state index contributed by atoms with van der Waals surface area (Å²) in [5.74, 6) is 0.536. The molecule has 0 bridgehead atoms. The van der Waals surface area contributed by atoms with Crippen LogP contribution in [0.3, 0.4) is 0 Å². The molecule has 0 aromatic heterocycles. The normalized spacial score (nSPS) is 32.4. The number of rotatable bonds is 0. The van der Waals surface area contributed by atoms with Gasteiger partial charge in [-0.15, -0.1) is 0 Å². The highest BCUT2D eigenvalue weighted by Gasteiger charge is 2.26. The molecule has 12 heavy (non-hydrogen) atoms. The summed E-state index contributed by atoms with van der Waals surface area (Å²) in [6.45, 7) is 2.10. The van der Waals surface area contributed by atoms with Gasteiger partial charge in [0.2, 0.25) is 0 Å². The van der Waals surface area contributed by atoms with Crippen molar-refractivity contribution in [1.29, 1.82) is 0 Å². The van der Waals surface area contributed by atoms with Gasteiger partial charge in [0.1, 0.15) is 0 Å². The fourth-order valence-electron chi connectivity index (χ4n) is 1.63. The molecule has 1 heterocycles. The van der Waals surface area contributed by atoms with Crippen LogP contribution in [0.5, 0.6) is 0 Å². The van der Waals surface area contributed by atoms with Gasteiger partial charge in [-0.2, -0.15) is 0 Å². The van der Waals surface area contributed by atoms with E-state index in [0.29, 0.717) is 5.92 Å². The lowest BCUT2D eigenvalue weighted by molar-refractivity contribution is -0.112. The Hall–Kier alpha value is -1.31. The summed E-state index contributed by atoms with van der Waals surface area (Å²) in [6, 6.07) is 0.187. The van der Waals surface area contributed by atoms with E-state index in [4.69, 9.17) is 0 Å². The molecule has 0 saturated carbocycles. The fourth-order valence-corrected chi connectivity index (χ4v) is 1.63. The number of hydrogen-bond donors (Lipinski definition) is 1. The molecular formula is C10H11NO. The quantitative estimate of drug-likeness (QED) is 0.578. The van der Waals surface area contributed by atoms with Crippen molar-refractivity contribution >= 4 is 5.78 Å². The molecular weight excluding hydrogens is 150 g/mol. The third-order valence-corrected chi connectivity index (χ3v) is 2.35. The van der Waals surface area contributed by atoms with Gasteiger partial charge in [0, 0.05) is 17.8 Å². The van der Waals surface area contributed by atoms with E-state index in [-0.39, 0.29) is 11.8 Å². The van der Waals surface area contributed by atoms with Crippen LogP contribution in [-0.2, 0) is 4.79 Å². The topological polar surface area (TPSA) is 29.1 Å². The molecule has 0 saturated heterocycles. The van der Waals surface area contributed by atoms with Crippen molar-refractivity contribution < 1.29 is 4.79 Å². The van der Waals surface area contributed by atoms with E-state index >= 15 is 0 Å². The molecule has 0 aromatic rings. The number of carbonyl (C=O) groups is 1. The first-order valence-electron chi connectivity index (χ1n) is 4.14. The Morgan fingerprint density at radius 1 is 1.50 bits per heavy atom. The Bertz CT molecular complexity index is 299. The van der Waals surface area contributed by atoms with Crippen LogP contribution in [0.25, 0.3) is 0 Å². The van der Waals surface area contributed by atoms with Gasteiger partial charge in [-0.05, 0) is 5.92 Å². The molecule has 2 rings (SSSR count). The van der Waals surface area contributed by atoms with Gasteiger partial charge in [0.15, 0.2) is 5.78 Å². The highest BCUT2D eigenvalue weighted by Crippen LogP contribution is 2.22. The maximum atomic E-state index is 11.3. The molecule has 0 radical (unpaired) electrons. The largest absolute Gasteiger partial charge is 0.383 e. The Morgan fingerprint density at radius 2 is 2.33 bits per heavy atom. The molecule has 0 aromatic carbocycles. The van der Waals surface area contributed by atoms with Gasteiger partial charge < -0.3 is 5.32 Å². The van der Waals surface area contributed by atoms with E-state index in [1.807, 2.05) is 12.2 Å². The second-order valence-electron chi connectivity index (χ2n) is 3.21. The van der Waals surface area contributed by atoms with Crippen molar-refractivity contribution in [1.82, 2.24) is 5.32 Å². The first-order chi connectivity index (χ1) is 5.79. The van der Waals surface area contributed by atoms with Crippen molar-refractivity contribution in [2.75, 3.05) is 0 Å². The van der Waals surface area contributed by atoms with Crippen molar-refractivity contribution in [3.05, 3.63) is 36.1 Å². The van der Waals surface area contributed by atoms with Crippen LogP contribution in [0, 0.1) is 5.92 Å². The summed E-state index contributed by atoms with van der Waals surface area (Å²) in [7, 11) is 0.